The molecular weight excluding hydrogens is 202 g/mol. The van der Waals surface area contributed by atoms with E-state index in [1.165, 1.54) is 0 Å². The minimum Gasteiger partial charge on any atom is -0.341 e. The highest BCUT2D eigenvalue weighted by Gasteiger charge is 2.30. The van der Waals surface area contributed by atoms with Gasteiger partial charge >= 0.3 is 0 Å². The van der Waals surface area contributed by atoms with E-state index < -0.39 is 0 Å². The Balaban J connectivity index is 2.74. The van der Waals surface area contributed by atoms with Crippen LogP contribution in [-0.4, -0.2) is 48.4 Å². The molecule has 1 amide bonds. The second kappa shape index (κ2) is 5.86. The molecule has 4 nitrogen and oxygen atoms in total. The first-order chi connectivity index (χ1) is 7.56. The normalized spacial score (nSPS) is 23.3. The molecule has 1 aliphatic rings. The van der Waals surface area contributed by atoms with Gasteiger partial charge in [0.15, 0.2) is 0 Å². The quantitative estimate of drug-likeness (QED) is 0.719. The van der Waals surface area contributed by atoms with E-state index in [1.807, 2.05) is 16.8 Å². The van der Waals surface area contributed by atoms with Gasteiger partial charge in [-0.05, 0) is 19.4 Å². The van der Waals surface area contributed by atoms with E-state index in [9.17, 15) is 4.79 Å². The highest BCUT2D eigenvalue weighted by Crippen LogP contribution is 2.13. The standard InChI is InChI=1S/C12H21N3O/c1-10(2)9-15-8-4-7-14(3)11(5-6-13)12(15)16/h10-11H,4-5,7-9H2,1-3H3. The largest absolute Gasteiger partial charge is 0.341 e. The lowest BCUT2D eigenvalue weighted by Crippen LogP contribution is -2.45. The lowest BCUT2D eigenvalue weighted by atomic mass is 10.1. The maximum absolute atomic E-state index is 12.2. The van der Waals surface area contributed by atoms with Gasteiger partial charge in [0.1, 0.15) is 6.04 Å². The highest BCUT2D eigenvalue weighted by atomic mass is 16.2. The van der Waals surface area contributed by atoms with Crippen molar-refractivity contribution in [3.05, 3.63) is 0 Å². The van der Waals surface area contributed by atoms with Crippen LogP contribution in [-0.2, 0) is 4.79 Å². The molecule has 0 aromatic carbocycles. The van der Waals surface area contributed by atoms with E-state index >= 15 is 0 Å². The van der Waals surface area contributed by atoms with E-state index in [0.717, 1.165) is 26.1 Å². The molecule has 4 heteroatoms. The van der Waals surface area contributed by atoms with Crippen molar-refractivity contribution >= 4 is 5.91 Å². The summed E-state index contributed by atoms with van der Waals surface area (Å²) in [5.41, 5.74) is 0. The van der Waals surface area contributed by atoms with Gasteiger partial charge in [-0.15, -0.1) is 0 Å². The zero-order chi connectivity index (χ0) is 12.1. The summed E-state index contributed by atoms with van der Waals surface area (Å²) in [7, 11) is 1.93. The molecule has 0 aromatic rings. The molecule has 1 fully saturated rings. The molecule has 0 aromatic heterocycles. The molecule has 1 saturated heterocycles. The summed E-state index contributed by atoms with van der Waals surface area (Å²) in [4.78, 5) is 16.1. The van der Waals surface area contributed by atoms with Crippen LogP contribution in [0.25, 0.3) is 0 Å². The number of rotatable bonds is 3. The van der Waals surface area contributed by atoms with E-state index in [1.54, 1.807) is 0 Å². The zero-order valence-corrected chi connectivity index (χ0v) is 10.4. The number of amides is 1. The van der Waals surface area contributed by atoms with Gasteiger partial charge < -0.3 is 4.90 Å². The van der Waals surface area contributed by atoms with Crippen LogP contribution in [0.4, 0.5) is 0 Å². The summed E-state index contributed by atoms with van der Waals surface area (Å²) in [6, 6.07) is 1.87. The lowest BCUT2D eigenvalue weighted by molar-refractivity contribution is -0.135. The minimum absolute atomic E-state index is 0.121. The van der Waals surface area contributed by atoms with Crippen molar-refractivity contribution < 1.29 is 4.79 Å². The van der Waals surface area contributed by atoms with Crippen LogP contribution in [0.3, 0.4) is 0 Å². The lowest BCUT2D eigenvalue weighted by Gasteiger charge is -2.27. The first-order valence-electron chi connectivity index (χ1n) is 5.92. The van der Waals surface area contributed by atoms with Crippen molar-refractivity contribution in [2.24, 2.45) is 5.92 Å². The summed E-state index contributed by atoms with van der Waals surface area (Å²) in [6.07, 6.45) is 1.29. The van der Waals surface area contributed by atoms with Crippen LogP contribution in [0.1, 0.15) is 26.7 Å². The monoisotopic (exact) mass is 223 g/mol. The molecule has 1 atom stereocenters. The number of nitriles is 1. The third kappa shape index (κ3) is 3.21. The highest BCUT2D eigenvalue weighted by molar-refractivity contribution is 5.82. The summed E-state index contributed by atoms with van der Waals surface area (Å²) >= 11 is 0. The maximum atomic E-state index is 12.2. The number of hydrogen-bond donors (Lipinski definition) is 0. The molecule has 0 spiro atoms. The average molecular weight is 223 g/mol. The van der Waals surface area contributed by atoms with Gasteiger partial charge in [0.05, 0.1) is 12.5 Å². The number of hydrogen-bond acceptors (Lipinski definition) is 3. The Morgan fingerprint density at radius 1 is 1.50 bits per heavy atom. The molecule has 0 N–H and O–H groups in total. The van der Waals surface area contributed by atoms with Gasteiger partial charge in [-0.25, -0.2) is 0 Å². The molecule has 1 rings (SSSR count). The van der Waals surface area contributed by atoms with E-state index in [4.69, 9.17) is 5.26 Å². The first kappa shape index (κ1) is 13.0. The van der Waals surface area contributed by atoms with E-state index in [-0.39, 0.29) is 11.9 Å². The fourth-order valence-electron chi connectivity index (χ4n) is 2.13. The van der Waals surface area contributed by atoms with E-state index in [0.29, 0.717) is 12.3 Å². The molecule has 0 bridgehead atoms. The molecule has 90 valence electrons. The van der Waals surface area contributed by atoms with Crippen molar-refractivity contribution in [2.75, 3.05) is 26.7 Å². The van der Waals surface area contributed by atoms with Crippen molar-refractivity contribution in [3.8, 4) is 6.07 Å². The molecule has 1 heterocycles. The predicted molar refractivity (Wildman–Crippen MR) is 62.7 cm³/mol. The van der Waals surface area contributed by atoms with Crippen molar-refractivity contribution in [2.45, 2.75) is 32.7 Å². The molecule has 0 aliphatic carbocycles. The fourth-order valence-corrected chi connectivity index (χ4v) is 2.13. The first-order valence-corrected chi connectivity index (χ1v) is 5.92. The maximum Gasteiger partial charge on any atom is 0.240 e. The molecule has 16 heavy (non-hydrogen) atoms. The van der Waals surface area contributed by atoms with Gasteiger partial charge in [-0.2, -0.15) is 5.26 Å². The molecule has 0 saturated carbocycles. The Morgan fingerprint density at radius 2 is 2.19 bits per heavy atom. The Kier molecular flexibility index (Phi) is 4.75. The zero-order valence-electron chi connectivity index (χ0n) is 10.4. The Bertz CT molecular complexity index is 282. The third-order valence-corrected chi connectivity index (χ3v) is 2.94. The van der Waals surface area contributed by atoms with Crippen LogP contribution in [0.15, 0.2) is 0 Å². The summed E-state index contributed by atoms with van der Waals surface area (Å²) in [6.45, 7) is 6.74. The fraction of sp³-hybridized carbons (Fsp3) is 0.833. The van der Waals surface area contributed by atoms with Gasteiger partial charge in [0.25, 0.3) is 0 Å². The van der Waals surface area contributed by atoms with Crippen LogP contribution in [0.2, 0.25) is 0 Å². The summed E-state index contributed by atoms with van der Waals surface area (Å²) < 4.78 is 0. The topological polar surface area (TPSA) is 47.3 Å². The summed E-state index contributed by atoms with van der Waals surface area (Å²) in [5, 5.41) is 8.77. The molecule has 1 aliphatic heterocycles. The van der Waals surface area contributed by atoms with Gasteiger partial charge in [0, 0.05) is 19.6 Å². The minimum atomic E-state index is -0.244. The third-order valence-electron chi connectivity index (χ3n) is 2.94. The number of carbonyl (C=O) groups is 1. The molecule has 1 unspecified atom stereocenters. The second-order valence-corrected chi connectivity index (χ2v) is 4.89. The van der Waals surface area contributed by atoms with Crippen LogP contribution in [0, 0.1) is 17.2 Å². The summed E-state index contributed by atoms with van der Waals surface area (Å²) in [5.74, 6) is 0.602. The van der Waals surface area contributed by atoms with Gasteiger partial charge in [-0.1, -0.05) is 13.8 Å². The van der Waals surface area contributed by atoms with Crippen molar-refractivity contribution in [1.29, 1.82) is 5.26 Å². The number of carbonyl (C=O) groups excluding carboxylic acids is 1. The van der Waals surface area contributed by atoms with Gasteiger partial charge in [-0.3, -0.25) is 9.69 Å². The number of nitrogens with zero attached hydrogens (tertiary/aromatic N) is 3. The second-order valence-electron chi connectivity index (χ2n) is 4.89. The van der Waals surface area contributed by atoms with Crippen molar-refractivity contribution in [1.82, 2.24) is 9.80 Å². The Morgan fingerprint density at radius 3 is 2.75 bits per heavy atom. The average Bonchev–Trinajstić information content (AvgIpc) is 2.32. The van der Waals surface area contributed by atoms with Gasteiger partial charge in [0.2, 0.25) is 5.91 Å². The van der Waals surface area contributed by atoms with E-state index in [2.05, 4.69) is 19.9 Å². The number of likely N-dealkylation sites (N-methyl/N-ethyl adjacent to an activating group) is 1. The van der Waals surface area contributed by atoms with Crippen LogP contribution in [0.5, 0.6) is 0 Å². The smallest absolute Gasteiger partial charge is 0.240 e. The Labute approximate surface area is 97.8 Å². The molecular formula is C12H21N3O. The van der Waals surface area contributed by atoms with Crippen molar-refractivity contribution in [3.63, 3.8) is 0 Å². The van der Waals surface area contributed by atoms with Crippen LogP contribution >= 0.6 is 0 Å². The molecule has 0 radical (unpaired) electrons. The Hall–Kier alpha value is -1.08. The predicted octanol–water partition coefficient (Wildman–Crippen LogP) is 1.09. The SMILES string of the molecule is CC(C)CN1CCCN(C)C(CC#N)C1=O. The van der Waals surface area contributed by atoms with Crippen LogP contribution < -0.4 is 0 Å².